The Hall–Kier alpha value is -7.10. The zero-order chi connectivity index (χ0) is 42.5. The summed E-state index contributed by atoms with van der Waals surface area (Å²) >= 11 is 0. The number of anilines is 2. The minimum absolute atomic E-state index is 0.108. The first-order chi connectivity index (χ1) is 30.7. The molecule has 1 N–H and O–H groups in total. The SMILES string of the molecule is CC1(C)CCC(C)(C)c2cc(Nc3ccc4ccccc4c3-c3cc(-c4ccccc4)cc4c3Bc3cc(-c5ccccc5)cc5c6cc(-c7ccccc7)ccc6n-4c35)ccc21. The maximum Gasteiger partial charge on any atom is 0.198 e. The lowest BCUT2D eigenvalue weighted by Gasteiger charge is -2.42. The Labute approximate surface area is 371 Å². The minimum Gasteiger partial charge on any atom is -0.355 e. The van der Waals surface area contributed by atoms with Crippen LogP contribution in [0.5, 0.6) is 0 Å². The van der Waals surface area contributed by atoms with Crippen LogP contribution in [0.25, 0.3) is 82.8 Å². The van der Waals surface area contributed by atoms with Gasteiger partial charge in [-0.1, -0.05) is 173 Å². The first-order valence-corrected chi connectivity index (χ1v) is 22.6. The Kier molecular flexibility index (Phi) is 8.50. The fourth-order valence-electron chi connectivity index (χ4n) is 11.0. The monoisotopic (exact) mass is 808 g/mol. The summed E-state index contributed by atoms with van der Waals surface area (Å²) in [4.78, 5) is 0. The molecule has 12 rings (SSSR count). The second kappa shape index (κ2) is 14.2. The van der Waals surface area contributed by atoms with E-state index >= 15 is 0 Å². The quantitative estimate of drug-likeness (QED) is 0.166. The second-order valence-corrected chi connectivity index (χ2v) is 19.3. The highest BCUT2D eigenvalue weighted by Gasteiger charge is 2.37. The molecule has 2 heterocycles. The van der Waals surface area contributed by atoms with E-state index in [1.807, 2.05) is 0 Å². The molecule has 0 bridgehead atoms. The van der Waals surface area contributed by atoms with Crippen LogP contribution in [0, 0.1) is 0 Å². The molecular weight excluding hydrogens is 759 g/mol. The molecular formula is C60H49BN2. The molecule has 0 saturated heterocycles. The molecule has 2 nitrogen and oxygen atoms in total. The van der Waals surface area contributed by atoms with Gasteiger partial charge < -0.3 is 9.88 Å². The van der Waals surface area contributed by atoms with E-state index in [4.69, 9.17) is 0 Å². The number of hydrogen-bond donors (Lipinski definition) is 1. The van der Waals surface area contributed by atoms with E-state index in [1.165, 1.54) is 118 Å². The molecule has 2 aliphatic rings. The molecule has 0 spiro atoms. The summed E-state index contributed by atoms with van der Waals surface area (Å²) in [5, 5.41) is 9.10. The van der Waals surface area contributed by atoms with Crippen molar-refractivity contribution >= 4 is 62.2 Å². The van der Waals surface area contributed by atoms with Crippen molar-refractivity contribution < 1.29 is 0 Å². The van der Waals surface area contributed by atoms with Crippen molar-refractivity contribution in [2.45, 2.75) is 51.4 Å². The topological polar surface area (TPSA) is 17.0 Å². The van der Waals surface area contributed by atoms with Crippen molar-refractivity contribution in [2.75, 3.05) is 5.32 Å². The van der Waals surface area contributed by atoms with Gasteiger partial charge >= 0.3 is 0 Å². The smallest absolute Gasteiger partial charge is 0.198 e. The molecule has 0 saturated carbocycles. The third-order valence-electron chi connectivity index (χ3n) is 14.4. The predicted molar refractivity (Wildman–Crippen MR) is 271 cm³/mol. The van der Waals surface area contributed by atoms with Gasteiger partial charge in [0.1, 0.15) is 0 Å². The lowest BCUT2D eigenvalue weighted by Crippen LogP contribution is -2.37. The minimum atomic E-state index is 0.108. The van der Waals surface area contributed by atoms with Crippen LogP contribution < -0.4 is 16.2 Å². The molecule has 0 fully saturated rings. The van der Waals surface area contributed by atoms with Gasteiger partial charge in [0.25, 0.3) is 0 Å². The highest BCUT2D eigenvalue weighted by Crippen LogP contribution is 2.48. The highest BCUT2D eigenvalue weighted by molar-refractivity contribution is 6.73. The zero-order valence-corrected chi connectivity index (χ0v) is 36.5. The van der Waals surface area contributed by atoms with Crippen molar-refractivity contribution in [3.05, 3.63) is 199 Å². The third-order valence-corrected chi connectivity index (χ3v) is 14.4. The van der Waals surface area contributed by atoms with Crippen LogP contribution in [-0.4, -0.2) is 11.8 Å². The Morgan fingerprint density at radius 3 is 1.81 bits per heavy atom. The normalized spacial score (nSPS) is 14.6. The van der Waals surface area contributed by atoms with Crippen molar-refractivity contribution in [3.63, 3.8) is 0 Å². The van der Waals surface area contributed by atoms with Crippen LogP contribution >= 0.6 is 0 Å². The zero-order valence-electron chi connectivity index (χ0n) is 36.5. The second-order valence-electron chi connectivity index (χ2n) is 19.3. The van der Waals surface area contributed by atoms with Crippen LogP contribution in [0.4, 0.5) is 11.4 Å². The van der Waals surface area contributed by atoms with Gasteiger partial charge in [0, 0.05) is 38.9 Å². The molecule has 0 atom stereocenters. The van der Waals surface area contributed by atoms with Crippen LogP contribution in [-0.2, 0) is 10.8 Å². The fraction of sp³-hybridized carbons (Fsp3) is 0.133. The lowest BCUT2D eigenvalue weighted by molar-refractivity contribution is 0.332. The van der Waals surface area contributed by atoms with Gasteiger partial charge in [-0.15, -0.1) is 0 Å². The van der Waals surface area contributed by atoms with Gasteiger partial charge in [0.15, 0.2) is 7.28 Å². The van der Waals surface area contributed by atoms with E-state index in [-0.39, 0.29) is 10.8 Å². The van der Waals surface area contributed by atoms with Gasteiger partial charge in [0.2, 0.25) is 0 Å². The van der Waals surface area contributed by atoms with Gasteiger partial charge in [0.05, 0.1) is 5.52 Å². The van der Waals surface area contributed by atoms with Crippen LogP contribution in [0.1, 0.15) is 51.7 Å². The van der Waals surface area contributed by atoms with Gasteiger partial charge in [-0.25, -0.2) is 0 Å². The van der Waals surface area contributed by atoms with E-state index in [0.29, 0.717) is 0 Å². The largest absolute Gasteiger partial charge is 0.355 e. The molecule has 0 amide bonds. The lowest BCUT2D eigenvalue weighted by atomic mass is 9.58. The summed E-state index contributed by atoms with van der Waals surface area (Å²) in [6.07, 6.45) is 2.38. The van der Waals surface area contributed by atoms with E-state index in [2.05, 4.69) is 226 Å². The molecule has 1 aromatic heterocycles. The van der Waals surface area contributed by atoms with E-state index in [9.17, 15) is 0 Å². The van der Waals surface area contributed by atoms with E-state index in [0.717, 1.165) is 18.7 Å². The first-order valence-electron chi connectivity index (χ1n) is 22.6. The summed E-state index contributed by atoms with van der Waals surface area (Å²) in [5.41, 5.74) is 21.8. The van der Waals surface area contributed by atoms with Crippen molar-refractivity contribution in [2.24, 2.45) is 0 Å². The van der Waals surface area contributed by atoms with Crippen molar-refractivity contribution in [1.82, 2.24) is 4.57 Å². The molecule has 1 aliphatic carbocycles. The Morgan fingerprint density at radius 2 is 1.10 bits per heavy atom. The number of nitrogens with zero attached hydrogens (tertiary/aromatic N) is 1. The standard InChI is InChI=1S/C60H49BN2/c1-59(2)30-31-60(3,4)51-37-45(26-27-50(51)59)62-53-28-24-41-22-14-15-23-46(41)56(53)49-34-44(40-20-12-7-13-21-40)36-55-57(49)61-52-35-43(39-18-10-6-11-19-39)33-48-47-32-42(38-16-8-5-9-17-38)25-29-54(47)63(55)58(48)52/h5-29,32-37,61-62H,30-31H2,1-4H3. The maximum atomic E-state index is 4.05. The fourth-order valence-corrected chi connectivity index (χ4v) is 11.0. The summed E-state index contributed by atoms with van der Waals surface area (Å²) in [5.74, 6) is 0. The molecule has 9 aromatic carbocycles. The number of nitrogens with one attached hydrogen (secondary N) is 1. The average molecular weight is 809 g/mol. The molecule has 63 heavy (non-hydrogen) atoms. The summed E-state index contributed by atoms with van der Waals surface area (Å²) in [7, 11) is 0.809. The van der Waals surface area contributed by atoms with Crippen molar-refractivity contribution in [1.29, 1.82) is 0 Å². The molecule has 3 heteroatoms. The number of hydrogen-bond acceptors (Lipinski definition) is 1. The van der Waals surface area contributed by atoms with Crippen LogP contribution in [0.3, 0.4) is 0 Å². The molecule has 0 unspecified atom stereocenters. The molecule has 1 aliphatic heterocycles. The number of benzene rings is 9. The Morgan fingerprint density at radius 1 is 0.476 bits per heavy atom. The number of fused-ring (bicyclic) bond motifs is 7. The maximum absolute atomic E-state index is 4.05. The van der Waals surface area contributed by atoms with Crippen LogP contribution in [0.15, 0.2) is 188 Å². The Balaban J connectivity index is 1.14. The van der Waals surface area contributed by atoms with Crippen molar-refractivity contribution in [3.8, 4) is 50.2 Å². The summed E-state index contributed by atoms with van der Waals surface area (Å²) < 4.78 is 2.59. The first kappa shape index (κ1) is 37.6. The summed E-state index contributed by atoms with van der Waals surface area (Å²) in [6, 6.07) is 70.2. The third kappa shape index (κ3) is 6.16. The van der Waals surface area contributed by atoms with E-state index < -0.39 is 0 Å². The molecule has 0 radical (unpaired) electrons. The Bertz CT molecular complexity index is 3430. The number of aromatic nitrogens is 1. The molecule has 302 valence electrons. The van der Waals surface area contributed by atoms with E-state index in [1.54, 1.807) is 0 Å². The molecule has 10 aromatic rings. The van der Waals surface area contributed by atoms with Gasteiger partial charge in [-0.05, 0) is 139 Å². The number of rotatable bonds is 6. The predicted octanol–water partition coefficient (Wildman–Crippen LogP) is 14.4. The van der Waals surface area contributed by atoms with Crippen LogP contribution in [0.2, 0.25) is 0 Å². The van der Waals surface area contributed by atoms with Gasteiger partial charge in [-0.3, -0.25) is 0 Å². The highest BCUT2D eigenvalue weighted by atomic mass is 15.0. The summed E-state index contributed by atoms with van der Waals surface area (Å²) in [6.45, 7) is 9.64. The average Bonchev–Trinajstić information content (AvgIpc) is 3.65. The van der Waals surface area contributed by atoms with Gasteiger partial charge in [-0.2, -0.15) is 0 Å².